The summed E-state index contributed by atoms with van der Waals surface area (Å²) in [7, 11) is 0. The molecule has 4 aromatic rings. The van der Waals surface area contributed by atoms with Crippen molar-refractivity contribution in [2.75, 3.05) is 39.4 Å². The molecule has 0 spiro atoms. The maximum Gasteiger partial charge on any atom is 0.235 e. The van der Waals surface area contributed by atoms with Gasteiger partial charge in [0.05, 0.1) is 13.2 Å². The highest BCUT2D eigenvalue weighted by Gasteiger charge is 2.50. The number of carbonyl (C=O) groups excluding carboxylic acids is 1. The molecule has 1 atom stereocenters. The topological polar surface area (TPSA) is 50.8 Å². The minimum Gasteiger partial charge on any atom is -0.493 e. The molecule has 1 saturated heterocycles. The Balaban J connectivity index is 0.00000343. The number of likely N-dealkylation sites (tertiary alicyclic amines) is 1. The first kappa shape index (κ1) is 30.2. The van der Waals surface area contributed by atoms with E-state index in [4.69, 9.17) is 9.47 Å². The van der Waals surface area contributed by atoms with Crippen molar-refractivity contribution in [1.82, 2.24) is 10.2 Å². The number of amides is 1. The van der Waals surface area contributed by atoms with Gasteiger partial charge in [-0.25, -0.2) is 0 Å². The molecule has 1 amide bonds. The van der Waals surface area contributed by atoms with Crippen molar-refractivity contribution in [3.63, 3.8) is 0 Å². The fourth-order valence-electron chi connectivity index (χ4n) is 7.41. The van der Waals surface area contributed by atoms with Crippen LogP contribution in [-0.2, 0) is 35.9 Å². The van der Waals surface area contributed by atoms with Gasteiger partial charge >= 0.3 is 0 Å². The average Bonchev–Trinajstić information content (AvgIpc) is 3.83. The lowest BCUT2D eigenvalue weighted by Gasteiger charge is -2.39. The Morgan fingerprint density at radius 3 is 1.93 bits per heavy atom. The minimum absolute atomic E-state index is 0. The first-order valence-corrected chi connectivity index (χ1v) is 15.8. The third-order valence-corrected chi connectivity index (χ3v) is 9.62. The van der Waals surface area contributed by atoms with Crippen LogP contribution in [0.1, 0.15) is 39.8 Å². The van der Waals surface area contributed by atoms with Crippen LogP contribution < -0.4 is 14.8 Å². The van der Waals surface area contributed by atoms with E-state index in [2.05, 4.69) is 95.1 Å². The Bertz CT molecular complexity index is 1540. The zero-order chi connectivity index (χ0) is 29.1. The highest BCUT2D eigenvalue weighted by molar-refractivity contribution is 5.92. The second-order valence-corrected chi connectivity index (χ2v) is 12.2. The molecule has 3 aliphatic heterocycles. The van der Waals surface area contributed by atoms with Crippen LogP contribution in [0.5, 0.6) is 11.5 Å². The molecular formula is C38H41ClN2O3. The number of hydrogen-bond acceptors (Lipinski definition) is 4. The minimum atomic E-state index is -0.770. The molecule has 3 aliphatic rings. The van der Waals surface area contributed by atoms with Crippen LogP contribution in [-0.4, -0.2) is 50.2 Å². The third kappa shape index (κ3) is 5.96. The number of carbonyl (C=O) groups is 1. The third-order valence-electron chi connectivity index (χ3n) is 9.62. The molecule has 1 fully saturated rings. The molecule has 44 heavy (non-hydrogen) atoms. The second kappa shape index (κ2) is 13.5. The molecule has 0 aliphatic carbocycles. The number of benzene rings is 4. The van der Waals surface area contributed by atoms with Crippen LogP contribution in [0.3, 0.4) is 0 Å². The predicted molar refractivity (Wildman–Crippen MR) is 177 cm³/mol. The summed E-state index contributed by atoms with van der Waals surface area (Å²) < 4.78 is 11.4. The molecular weight excluding hydrogens is 568 g/mol. The van der Waals surface area contributed by atoms with Gasteiger partial charge in [-0.05, 0) is 77.2 Å². The van der Waals surface area contributed by atoms with Crippen molar-refractivity contribution >= 4 is 18.3 Å². The molecule has 228 valence electrons. The van der Waals surface area contributed by atoms with Gasteiger partial charge in [0.1, 0.15) is 16.9 Å². The first-order valence-electron chi connectivity index (χ1n) is 15.8. The van der Waals surface area contributed by atoms with E-state index in [0.29, 0.717) is 6.54 Å². The summed E-state index contributed by atoms with van der Waals surface area (Å²) in [4.78, 5) is 17.2. The smallest absolute Gasteiger partial charge is 0.235 e. The summed E-state index contributed by atoms with van der Waals surface area (Å²) in [5.74, 6) is 2.29. The Labute approximate surface area is 267 Å². The molecule has 0 radical (unpaired) electrons. The van der Waals surface area contributed by atoms with Gasteiger partial charge in [-0.1, -0.05) is 84.9 Å². The molecule has 0 bridgehead atoms. The van der Waals surface area contributed by atoms with Crippen LogP contribution in [0.25, 0.3) is 0 Å². The predicted octanol–water partition coefficient (Wildman–Crippen LogP) is 6.19. The van der Waals surface area contributed by atoms with Gasteiger partial charge in [-0.2, -0.15) is 0 Å². The van der Waals surface area contributed by atoms with E-state index in [1.54, 1.807) is 0 Å². The van der Waals surface area contributed by atoms with Crippen molar-refractivity contribution in [1.29, 1.82) is 0 Å². The molecule has 0 saturated carbocycles. The number of fused-ring (bicyclic) bond motifs is 2. The standard InChI is InChI=1S/C38H40N2O3.ClH/c41-37(39-20-15-28-11-13-35-30(25-28)18-23-42-35)38(32-7-3-1-4-8-32,33-9-5-2-6-10-33)34-17-22-40(27-34)21-16-29-12-14-36-31(26-29)19-24-43-36;/h1-14,25-26,34H,15-24,27H2,(H,39,41);1H/t34-;/m1./s1. The summed E-state index contributed by atoms with van der Waals surface area (Å²) in [6.07, 6.45) is 4.73. The number of halogens is 1. The van der Waals surface area contributed by atoms with Crippen molar-refractivity contribution in [2.45, 2.75) is 37.5 Å². The van der Waals surface area contributed by atoms with E-state index in [9.17, 15) is 4.79 Å². The maximum atomic E-state index is 14.7. The first-order chi connectivity index (χ1) is 21.2. The summed E-state index contributed by atoms with van der Waals surface area (Å²) in [6.45, 7) is 5.00. The van der Waals surface area contributed by atoms with Crippen LogP contribution in [0.2, 0.25) is 0 Å². The van der Waals surface area contributed by atoms with Gasteiger partial charge in [-0.15, -0.1) is 12.4 Å². The molecule has 1 N–H and O–H groups in total. The van der Waals surface area contributed by atoms with Crippen molar-refractivity contribution in [2.24, 2.45) is 5.92 Å². The number of nitrogens with one attached hydrogen (secondary N) is 1. The highest BCUT2D eigenvalue weighted by atomic mass is 35.5. The molecule has 7 rings (SSSR count). The lowest BCUT2D eigenvalue weighted by Crippen LogP contribution is -2.51. The summed E-state index contributed by atoms with van der Waals surface area (Å²) in [6, 6.07) is 34.0. The van der Waals surface area contributed by atoms with E-state index in [1.807, 2.05) is 12.1 Å². The Morgan fingerprint density at radius 1 is 0.773 bits per heavy atom. The Kier molecular flexibility index (Phi) is 9.25. The van der Waals surface area contributed by atoms with E-state index in [-0.39, 0.29) is 24.2 Å². The largest absolute Gasteiger partial charge is 0.493 e. The Morgan fingerprint density at radius 2 is 1.34 bits per heavy atom. The van der Waals surface area contributed by atoms with E-state index in [0.717, 1.165) is 87.6 Å². The van der Waals surface area contributed by atoms with Crippen LogP contribution in [0.15, 0.2) is 97.1 Å². The van der Waals surface area contributed by atoms with Crippen molar-refractivity contribution < 1.29 is 14.3 Å². The number of ether oxygens (including phenoxy) is 2. The maximum absolute atomic E-state index is 14.7. The number of nitrogens with zero attached hydrogens (tertiary/aromatic N) is 1. The molecule has 0 unspecified atom stereocenters. The van der Waals surface area contributed by atoms with E-state index in [1.165, 1.54) is 22.3 Å². The van der Waals surface area contributed by atoms with E-state index < -0.39 is 5.41 Å². The summed E-state index contributed by atoms with van der Waals surface area (Å²) in [5, 5.41) is 3.41. The van der Waals surface area contributed by atoms with Gasteiger partial charge in [-0.3, -0.25) is 4.79 Å². The monoisotopic (exact) mass is 608 g/mol. The highest BCUT2D eigenvalue weighted by Crippen LogP contribution is 2.44. The zero-order valence-corrected chi connectivity index (χ0v) is 26.0. The quantitative estimate of drug-likeness (QED) is 0.233. The fourth-order valence-corrected chi connectivity index (χ4v) is 7.41. The number of rotatable bonds is 10. The van der Waals surface area contributed by atoms with Gasteiger partial charge in [0, 0.05) is 32.5 Å². The van der Waals surface area contributed by atoms with Crippen LogP contribution >= 0.6 is 12.4 Å². The molecule has 0 aromatic heterocycles. The lowest BCUT2D eigenvalue weighted by molar-refractivity contribution is -0.127. The van der Waals surface area contributed by atoms with Crippen LogP contribution in [0, 0.1) is 5.92 Å². The van der Waals surface area contributed by atoms with Gasteiger partial charge < -0.3 is 19.7 Å². The van der Waals surface area contributed by atoms with Gasteiger partial charge in [0.15, 0.2) is 0 Å². The molecule has 5 nitrogen and oxygen atoms in total. The molecule has 3 heterocycles. The van der Waals surface area contributed by atoms with Gasteiger partial charge in [0.2, 0.25) is 5.91 Å². The van der Waals surface area contributed by atoms with Gasteiger partial charge in [0.25, 0.3) is 0 Å². The normalized spacial score (nSPS) is 17.2. The summed E-state index contributed by atoms with van der Waals surface area (Å²) >= 11 is 0. The van der Waals surface area contributed by atoms with Crippen molar-refractivity contribution in [3.8, 4) is 11.5 Å². The average molecular weight is 609 g/mol. The SMILES string of the molecule is Cl.O=C(NCCc1ccc2c(c1)CCO2)C(c1ccccc1)(c1ccccc1)[C@@H]1CCN(CCc2ccc3c(c2)CCO3)C1. The van der Waals surface area contributed by atoms with E-state index >= 15 is 0 Å². The molecule has 4 aromatic carbocycles. The fraction of sp³-hybridized carbons (Fsp3) is 0.342. The lowest BCUT2D eigenvalue weighted by atomic mass is 9.64. The number of hydrogen-bond donors (Lipinski definition) is 1. The second-order valence-electron chi connectivity index (χ2n) is 12.2. The van der Waals surface area contributed by atoms with Crippen molar-refractivity contribution in [3.05, 3.63) is 130 Å². The van der Waals surface area contributed by atoms with Crippen LogP contribution in [0.4, 0.5) is 0 Å². The summed E-state index contributed by atoms with van der Waals surface area (Å²) in [5.41, 5.74) is 6.56. The molecule has 6 heteroatoms. The Hall–Kier alpha value is -3.80. The zero-order valence-electron chi connectivity index (χ0n) is 25.2.